The van der Waals surface area contributed by atoms with Crippen LogP contribution in [0.5, 0.6) is 11.5 Å². The lowest BCUT2D eigenvalue weighted by Gasteiger charge is -2.10. The minimum atomic E-state index is -0.515. The number of amides is 1. The number of hydrogen-bond acceptors (Lipinski definition) is 6. The largest absolute Gasteiger partial charge is 0.497 e. The molecule has 1 amide bonds. The topological polar surface area (TPSA) is 94.8 Å². The van der Waals surface area contributed by atoms with Gasteiger partial charge < -0.3 is 9.47 Å². The summed E-state index contributed by atoms with van der Waals surface area (Å²) >= 11 is 0. The van der Waals surface area contributed by atoms with E-state index in [2.05, 4.69) is 15.6 Å². The van der Waals surface area contributed by atoms with Crippen LogP contribution in [0.25, 0.3) is 10.8 Å². The van der Waals surface area contributed by atoms with Gasteiger partial charge in [0.2, 0.25) is 0 Å². The molecule has 2 aromatic carbocycles. The first kappa shape index (κ1) is 19.1. The summed E-state index contributed by atoms with van der Waals surface area (Å²) in [5.74, 6) is 0.706. The Morgan fingerprint density at radius 2 is 1.82 bits per heavy atom. The average molecular weight is 380 g/mol. The summed E-state index contributed by atoms with van der Waals surface area (Å²) in [6.07, 6.45) is 0. The van der Waals surface area contributed by atoms with E-state index in [0.717, 1.165) is 4.68 Å². The molecule has 8 heteroatoms. The molecule has 0 atom stereocenters. The molecule has 3 rings (SSSR count). The van der Waals surface area contributed by atoms with Crippen LogP contribution in [0, 0.1) is 0 Å². The van der Waals surface area contributed by atoms with Crippen LogP contribution in [0.3, 0.4) is 0 Å². The Kier molecular flexibility index (Phi) is 5.39. The Hall–Kier alpha value is -3.68. The number of aromatic nitrogens is 2. The number of nitrogens with zero attached hydrogens (tertiary/aromatic N) is 3. The second kappa shape index (κ2) is 7.91. The highest BCUT2D eigenvalue weighted by molar-refractivity contribution is 6.06. The van der Waals surface area contributed by atoms with Gasteiger partial charge in [0, 0.05) is 24.1 Å². The van der Waals surface area contributed by atoms with Gasteiger partial charge in [0.1, 0.15) is 11.5 Å². The molecule has 1 aromatic heterocycles. The second-order valence-electron chi connectivity index (χ2n) is 6.03. The van der Waals surface area contributed by atoms with E-state index in [9.17, 15) is 9.59 Å². The molecule has 28 heavy (non-hydrogen) atoms. The number of hydrazone groups is 1. The third-order valence-electron chi connectivity index (χ3n) is 4.30. The molecule has 144 valence electrons. The number of rotatable bonds is 5. The quantitative estimate of drug-likeness (QED) is 0.540. The SMILES string of the molecule is COc1ccc(/C(C)=N\NC(=O)c2nn(C)c(=O)c3ccccc23)c(OC)c1. The molecule has 8 nitrogen and oxygen atoms in total. The van der Waals surface area contributed by atoms with Gasteiger partial charge in [0.05, 0.1) is 25.3 Å². The normalized spacial score (nSPS) is 11.4. The number of benzene rings is 2. The summed E-state index contributed by atoms with van der Waals surface area (Å²) in [7, 11) is 4.62. The van der Waals surface area contributed by atoms with Crippen molar-refractivity contribution in [1.82, 2.24) is 15.2 Å². The Morgan fingerprint density at radius 3 is 2.50 bits per heavy atom. The van der Waals surface area contributed by atoms with E-state index < -0.39 is 5.91 Å². The Morgan fingerprint density at radius 1 is 1.11 bits per heavy atom. The molecule has 0 aliphatic rings. The predicted octanol–water partition coefficient (Wildman–Crippen LogP) is 2.10. The van der Waals surface area contributed by atoms with Gasteiger partial charge in [-0.05, 0) is 25.1 Å². The number of carbonyl (C=O) groups excluding carboxylic acids is 1. The molecule has 0 bridgehead atoms. The van der Waals surface area contributed by atoms with E-state index in [4.69, 9.17) is 9.47 Å². The van der Waals surface area contributed by atoms with Crippen LogP contribution in [-0.4, -0.2) is 35.6 Å². The lowest BCUT2D eigenvalue weighted by molar-refractivity contribution is 0.0949. The van der Waals surface area contributed by atoms with E-state index in [1.54, 1.807) is 63.6 Å². The van der Waals surface area contributed by atoms with Crippen LogP contribution in [0.2, 0.25) is 0 Å². The average Bonchev–Trinajstić information content (AvgIpc) is 2.73. The highest BCUT2D eigenvalue weighted by Gasteiger charge is 2.16. The fourth-order valence-corrected chi connectivity index (χ4v) is 2.81. The molecule has 1 heterocycles. The van der Waals surface area contributed by atoms with Crippen LogP contribution >= 0.6 is 0 Å². The standard InChI is InChI=1S/C20H20N4O4/c1-12(14-10-9-13(27-3)11-17(14)28-4)21-22-19(25)18-15-7-5-6-8-16(15)20(26)24(2)23-18/h5-11H,1-4H3,(H,22,25)/b21-12-. The minimum Gasteiger partial charge on any atom is -0.497 e. The van der Waals surface area contributed by atoms with Crippen molar-refractivity contribution in [2.24, 2.45) is 12.1 Å². The zero-order valence-electron chi connectivity index (χ0n) is 16.0. The molecule has 0 aliphatic carbocycles. The molecule has 0 spiro atoms. The fraction of sp³-hybridized carbons (Fsp3) is 0.200. The van der Waals surface area contributed by atoms with Gasteiger partial charge in [-0.2, -0.15) is 10.2 Å². The second-order valence-corrected chi connectivity index (χ2v) is 6.03. The molecule has 3 aromatic rings. The summed E-state index contributed by atoms with van der Waals surface area (Å²) < 4.78 is 11.7. The first-order valence-corrected chi connectivity index (χ1v) is 8.49. The molecular formula is C20H20N4O4. The maximum absolute atomic E-state index is 12.7. The maximum atomic E-state index is 12.7. The summed E-state index contributed by atoms with van der Waals surface area (Å²) in [5, 5.41) is 9.14. The first-order valence-electron chi connectivity index (χ1n) is 8.49. The van der Waals surface area contributed by atoms with E-state index >= 15 is 0 Å². The molecule has 0 saturated heterocycles. The van der Waals surface area contributed by atoms with Gasteiger partial charge in [-0.1, -0.05) is 18.2 Å². The molecule has 0 fully saturated rings. The summed E-state index contributed by atoms with van der Waals surface area (Å²) in [6, 6.07) is 12.1. The van der Waals surface area contributed by atoms with Crippen LogP contribution in [0.15, 0.2) is 52.4 Å². The van der Waals surface area contributed by atoms with Gasteiger partial charge in [-0.15, -0.1) is 0 Å². The van der Waals surface area contributed by atoms with Crippen LogP contribution < -0.4 is 20.5 Å². The third kappa shape index (κ3) is 3.57. The monoisotopic (exact) mass is 380 g/mol. The lowest BCUT2D eigenvalue weighted by Crippen LogP contribution is -2.27. The Bertz CT molecular complexity index is 1130. The van der Waals surface area contributed by atoms with Gasteiger partial charge in [-0.3, -0.25) is 9.59 Å². The van der Waals surface area contributed by atoms with Crippen molar-refractivity contribution in [1.29, 1.82) is 0 Å². The smallest absolute Gasteiger partial charge is 0.292 e. The highest BCUT2D eigenvalue weighted by Crippen LogP contribution is 2.25. The van der Waals surface area contributed by atoms with Crippen molar-refractivity contribution in [3.63, 3.8) is 0 Å². The van der Waals surface area contributed by atoms with E-state index in [1.807, 2.05) is 0 Å². The van der Waals surface area contributed by atoms with Gasteiger partial charge in [-0.25, -0.2) is 10.1 Å². The van der Waals surface area contributed by atoms with Crippen molar-refractivity contribution in [3.05, 3.63) is 64.1 Å². The summed E-state index contributed by atoms with van der Waals surface area (Å²) in [6.45, 7) is 1.75. The van der Waals surface area contributed by atoms with E-state index in [0.29, 0.717) is 33.5 Å². The molecule has 0 unspecified atom stereocenters. The van der Waals surface area contributed by atoms with Crippen molar-refractivity contribution >= 4 is 22.4 Å². The van der Waals surface area contributed by atoms with Crippen molar-refractivity contribution < 1.29 is 14.3 Å². The zero-order valence-corrected chi connectivity index (χ0v) is 16.0. The number of carbonyl (C=O) groups is 1. The predicted molar refractivity (Wildman–Crippen MR) is 106 cm³/mol. The first-order chi connectivity index (χ1) is 13.5. The van der Waals surface area contributed by atoms with Crippen molar-refractivity contribution in [2.45, 2.75) is 6.92 Å². The summed E-state index contributed by atoms with van der Waals surface area (Å²) in [5.41, 5.74) is 3.61. The lowest BCUT2D eigenvalue weighted by atomic mass is 10.1. The van der Waals surface area contributed by atoms with E-state index in [1.165, 1.54) is 7.05 Å². The van der Waals surface area contributed by atoms with Crippen molar-refractivity contribution in [2.75, 3.05) is 14.2 Å². The van der Waals surface area contributed by atoms with Crippen LogP contribution in [0.1, 0.15) is 23.0 Å². The van der Waals surface area contributed by atoms with Crippen LogP contribution in [-0.2, 0) is 7.05 Å². The zero-order chi connectivity index (χ0) is 20.3. The molecule has 0 radical (unpaired) electrons. The van der Waals surface area contributed by atoms with Gasteiger partial charge >= 0.3 is 0 Å². The fourth-order valence-electron chi connectivity index (χ4n) is 2.81. The number of methoxy groups -OCH3 is 2. The number of hydrogen-bond donors (Lipinski definition) is 1. The number of nitrogens with one attached hydrogen (secondary N) is 1. The molecular weight excluding hydrogens is 360 g/mol. The third-order valence-corrected chi connectivity index (χ3v) is 4.30. The number of ether oxygens (including phenoxy) is 2. The minimum absolute atomic E-state index is 0.121. The van der Waals surface area contributed by atoms with Gasteiger partial charge in [0.15, 0.2) is 5.69 Å². The molecule has 0 aliphatic heterocycles. The molecule has 0 saturated carbocycles. The van der Waals surface area contributed by atoms with Crippen molar-refractivity contribution in [3.8, 4) is 11.5 Å². The number of fused-ring (bicyclic) bond motifs is 1. The highest BCUT2D eigenvalue weighted by atomic mass is 16.5. The maximum Gasteiger partial charge on any atom is 0.292 e. The van der Waals surface area contributed by atoms with E-state index in [-0.39, 0.29) is 11.3 Å². The van der Waals surface area contributed by atoms with Crippen LogP contribution in [0.4, 0.5) is 0 Å². The summed E-state index contributed by atoms with van der Waals surface area (Å²) in [4.78, 5) is 24.9. The van der Waals surface area contributed by atoms with Gasteiger partial charge in [0.25, 0.3) is 11.5 Å². The number of aryl methyl sites for hydroxylation is 1. The Balaban J connectivity index is 1.93. The Labute approximate surface area is 161 Å². The molecule has 1 N–H and O–H groups in total.